The molecular weight excluding hydrogens is 316 g/mol. The molecule has 1 aromatic heterocycles. The monoisotopic (exact) mass is 340 g/mol. The Balaban J connectivity index is 1.59. The highest BCUT2D eigenvalue weighted by Crippen LogP contribution is 2.34. The molecular formula is C19H24N4O2. The van der Waals surface area contributed by atoms with Crippen LogP contribution < -0.4 is 19.3 Å². The predicted molar refractivity (Wildman–Crippen MR) is 97.8 cm³/mol. The minimum Gasteiger partial charge on any atom is -0.493 e. The van der Waals surface area contributed by atoms with Gasteiger partial charge < -0.3 is 19.3 Å². The summed E-state index contributed by atoms with van der Waals surface area (Å²) in [6.45, 7) is 3.89. The molecule has 0 N–H and O–H groups in total. The van der Waals surface area contributed by atoms with Crippen LogP contribution in [-0.2, 0) is 13.0 Å². The fraction of sp³-hybridized carbons (Fsp3) is 0.474. The van der Waals surface area contributed by atoms with E-state index in [-0.39, 0.29) is 0 Å². The van der Waals surface area contributed by atoms with Gasteiger partial charge in [-0.2, -0.15) is 4.98 Å². The van der Waals surface area contributed by atoms with Gasteiger partial charge in [0, 0.05) is 32.4 Å². The molecule has 0 spiro atoms. The van der Waals surface area contributed by atoms with Gasteiger partial charge in [0.05, 0.1) is 14.2 Å². The average Bonchev–Trinajstić information content (AvgIpc) is 3.21. The van der Waals surface area contributed by atoms with E-state index < -0.39 is 0 Å². The molecule has 25 heavy (non-hydrogen) atoms. The Morgan fingerprint density at radius 1 is 0.920 bits per heavy atom. The van der Waals surface area contributed by atoms with Crippen molar-refractivity contribution in [1.29, 1.82) is 0 Å². The fourth-order valence-electron chi connectivity index (χ4n) is 3.66. The average molecular weight is 340 g/mol. The smallest absolute Gasteiger partial charge is 0.227 e. The molecule has 3 heterocycles. The molecule has 132 valence electrons. The third kappa shape index (κ3) is 3.08. The van der Waals surface area contributed by atoms with Crippen molar-refractivity contribution in [3.8, 4) is 11.5 Å². The van der Waals surface area contributed by atoms with E-state index in [2.05, 4.69) is 26.9 Å². The molecule has 0 saturated carbocycles. The summed E-state index contributed by atoms with van der Waals surface area (Å²) in [6, 6.07) is 6.19. The van der Waals surface area contributed by atoms with E-state index >= 15 is 0 Å². The quantitative estimate of drug-likeness (QED) is 0.853. The van der Waals surface area contributed by atoms with E-state index in [0.717, 1.165) is 55.9 Å². The van der Waals surface area contributed by atoms with Crippen molar-refractivity contribution in [3.05, 3.63) is 35.5 Å². The molecule has 1 aromatic carbocycles. The molecule has 0 atom stereocenters. The summed E-state index contributed by atoms with van der Waals surface area (Å²) in [6.07, 6.45) is 5.30. The van der Waals surface area contributed by atoms with Gasteiger partial charge in [0.15, 0.2) is 11.5 Å². The summed E-state index contributed by atoms with van der Waals surface area (Å²) < 4.78 is 10.9. The van der Waals surface area contributed by atoms with Crippen molar-refractivity contribution in [2.75, 3.05) is 43.7 Å². The van der Waals surface area contributed by atoms with Crippen LogP contribution in [0.1, 0.15) is 24.0 Å². The molecule has 6 nitrogen and oxygen atoms in total. The summed E-state index contributed by atoms with van der Waals surface area (Å²) >= 11 is 0. The molecule has 0 amide bonds. The van der Waals surface area contributed by atoms with Gasteiger partial charge in [0.25, 0.3) is 0 Å². The van der Waals surface area contributed by atoms with Crippen LogP contribution in [0.25, 0.3) is 0 Å². The molecule has 0 aliphatic carbocycles. The Morgan fingerprint density at radius 2 is 1.64 bits per heavy atom. The van der Waals surface area contributed by atoms with Crippen molar-refractivity contribution in [2.24, 2.45) is 0 Å². The molecule has 0 radical (unpaired) electrons. The summed E-state index contributed by atoms with van der Waals surface area (Å²) in [5.74, 6) is 3.43. The maximum atomic E-state index is 5.45. The minimum atomic E-state index is 0.781. The SMILES string of the molecule is COc1cc2c(cc1OC)CN(c1ccnc(N3CCCC3)n1)CC2. The van der Waals surface area contributed by atoms with Gasteiger partial charge in [-0.3, -0.25) is 0 Å². The molecule has 2 aliphatic heterocycles. The summed E-state index contributed by atoms with van der Waals surface area (Å²) in [5.41, 5.74) is 2.59. The number of nitrogens with zero attached hydrogens (tertiary/aromatic N) is 4. The van der Waals surface area contributed by atoms with Crippen LogP contribution in [-0.4, -0.2) is 43.8 Å². The molecule has 6 heteroatoms. The number of rotatable bonds is 4. The number of anilines is 2. The van der Waals surface area contributed by atoms with E-state index in [9.17, 15) is 0 Å². The van der Waals surface area contributed by atoms with Crippen LogP contribution in [0.15, 0.2) is 24.4 Å². The Bertz CT molecular complexity index is 759. The van der Waals surface area contributed by atoms with Crippen molar-refractivity contribution < 1.29 is 9.47 Å². The second-order valence-electron chi connectivity index (χ2n) is 6.56. The zero-order chi connectivity index (χ0) is 17.2. The lowest BCUT2D eigenvalue weighted by molar-refractivity contribution is 0.353. The van der Waals surface area contributed by atoms with Crippen LogP contribution in [0.4, 0.5) is 11.8 Å². The Kier molecular flexibility index (Phi) is 4.34. The van der Waals surface area contributed by atoms with Crippen LogP contribution in [0.5, 0.6) is 11.5 Å². The second-order valence-corrected chi connectivity index (χ2v) is 6.56. The van der Waals surface area contributed by atoms with Crippen LogP contribution >= 0.6 is 0 Å². The first-order valence-corrected chi connectivity index (χ1v) is 8.85. The molecule has 2 aliphatic rings. The Labute approximate surface area is 148 Å². The van der Waals surface area contributed by atoms with E-state index in [1.165, 1.54) is 24.0 Å². The van der Waals surface area contributed by atoms with Crippen LogP contribution in [0.3, 0.4) is 0 Å². The third-order valence-corrected chi connectivity index (χ3v) is 5.06. The topological polar surface area (TPSA) is 50.7 Å². The van der Waals surface area contributed by atoms with E-state index in [0.29, 0.717) is 0 Å². The van der Waals surface area contributed by atoms with Gasteiger partial charge in [-0.1, -0.05) is 0 Å². The van der Waals surface area contributed by atoms with E-state index in [4.69, 9.17) is 14.5 Å². The van der Waals surface area contributed by atoms with Gasteiger partial charge in [0.2, 0.25) is 5.95 Å². The first-order chi connectivity index (χ1) is 12.3. The Morgan fingerprint density at radius 3 is 2.36 bits per heavy atom. The third-order valence-electron chi connectivity index (χ3n) is 5.06. The molecule has 4 rings (SSSR count). The lowest BCUT2D eigenvalue weighted by Gasteiger charge is -2.31. The number of hydrogen-bond donors (Lipinski definition) is 0. The summed E-state index contributed by atoms with van der Waals surface area (Å²) in [7, 11) is 3.36. The largest absolute Gasteiger partial charge is 0.493 e. The highest BCUT2D eigenvalue weighted by atomic mass is 16.5. The summed E-state index contributed by atoms with van der Waals surface area (Å²) in [5, 5.41) is 0. The number of methoxy groups -OCH3 is 2. The van der Waals surface area contributed by atoms with Gasteiger partial charge >= 0.3 is 0 Å². The second kappa shape index (κ2) is 6.78. The zero-order valence-corrected chi connectivity index (χ0v) is 14.9. The molecule has 0 bridgehead atoms. The van der Waals surface area contributed by atoms with Gasteiger partial charge in [-0.05, 0) is 48.6 Å². The van der Waals surface area contributed by atoms with Gasteiger partial charge in [-0.25, -0.2) is 4.98 Å². The molecule has 0 unspecified atom stereocenters. The van der Waals surface area contributed by atoms with Crippen LogP contribution in [0.2, 0.25) is 0 Å². The highest BCUT2D eigenvalue weighted by Gasteiger charge is 2.22. The number of aromatic nitrogens is 2. The van der Waals surface area contributed by atoms with E-state index in [1.807, 2.05) is 12.3 Å². The molecule has 1 saturated heterocycles. The maximum absolute atomic E-state index is 5.45. The standard InChI is InChI=1S/C19H24N4O2/c1-24-16-11-14-6-10-23(13-15(14)12-17(16)25-2)18-5-7-20-19(21-18)22-8-3-4-9-22/h5,7,11-12H,3-4,6,8-10,13H2,1-2H3. The van der Waals surface area contributed by atoms with Crippen molar-refractivity contribution in [1.82, 2.24) is 9.97 Å². The number of ether oxygens (including phenoxy) is 2. The maximum Gasteiger partial charge on any atom is 0.227 e. The first-order valence-electron chi connectivity index (χ1n) is 8.85. The highest BCUT2D eigenvalue weighted by molar-refractivity contribution is 5.52. The van der Waals surface area contributed by atoms with Gasteiger partial charge in [0.1, 0.15) is 5.82 Å². The normalized spacial score (nSPS) is 16.7. The first kappa shape index (κ1) is 16.0. The minimum absolute atomic E-state index is 0.781. The number of hydrogen-bond acceptors (Lipinski definition) is 6. The number of fused-ring (bicyclic) bond motifs is 1. The predicted octanol–water partition coefficient (Wildman–Crippen LogP) is 2.66. The Hall–Kier alpha value is -2.50. The zero-order valence-electron chi connectivity index (χ0n) is 14.9. The fourth-order valence-corrected chi connectivity index (χ4v) is 3.66. The van der Waals surface area contributed by atoms with Crippen LogP contribution in [0, 0.1) is 0 Å². The lowest BCUT2D eigenvalue weighted by Crippen LogP contribution is -2.31. The molecule has 2 aromatic rings. The lowest BCUT2D eigenvalue weighted by atomic mass is 9.99. The molecule has 1 fully saturated rings. The van der Waals surface area contributed by atoms with Crippen molar-refractivity contribution >= 4 is 11.8 Å². The van der Waals surface area contributed by atoms with Crippen molar-refractivity contribution in [2.45, 2.75) is 25.8 Å². The summed E-state index contributed by atoms with van der Waals surface area (Å²) in [4.78, 5) is 13.9. The van der Waals surface area contributed by atoms with Gasteiger partial charge in [-0.15, -0.1) is 0 Å². The number of benzene rings is 1. The van der Waals surface area contributed by atoms with E-state index in [1.54, 1.807) is 14.2 Å². The van der Waals surface area contributed by atoms with Crippen molar-refractivity contribution in [3.63, 3.8) is 0 Å².